The molecule has 1 aromatic heterocycles. The number of carbonyl (C=O) groups excluding carboxylic acids is 1. The van der Waals surface area contributed by atoms with Crippen LogP contribution >= 0.6 is 0 Å². The quantitative estimate of drug-likeness (QED) is 0.846. The lowest BCUT2D eigenvalue weighted by Gasteiger charge is -2.21. The highest BCUT2D eigenvalue weighted by molar-refractivity contribution is 5.76. The van der Waals surface area contributed by atoms with Gasteiger partial charge in [-0.15, -0.1) is 0 Å². The molecule has 1 amide bonds. The summed E-state index contributed by atoms with van der Waals surface area (Å²) in [4.78, 5) is 37.1. The standard InChI is InChI=1S/C17H21N3O3/c1-12(2)10-14(13-6-4-3-5-7-13)18-16(22)11-20-9-8-15(21)19-17(20)23/h3-9,12,14H,10-11H2,1-2H3,(H,18,22)(H,19,21,23)/t14-/m1/s1. The van der Waals surface area contributed by atoms with E-state index >= 15 is 0 Å². The number of aromatic nitrogens is 2. The Morgan fingerprint density at radius 1 is 1.17 bits per heavy atom. The van der Waals surface area contributed by atoms with Gasteiger partial charge in [0.05, 0.1) is 6.04 Å². The Morgan fingerprint density at radius 2 is 1.87 bits per heavy atom. The van der Waals surface area contributed by atoms with E-state index in [9.17, 15) is 14.4 Å². The fourth-order valence-electron chi connectivity index (χ4n) is 2.40. The number of benzene rings is 1. The van der Waals surface area contributed by atoms with Crippen LogP contribution in [0.25, 0.3) is 0 Å². The zero-order valence-corrected chi connectivity index (χ0v) is 13.3. The second-order valence-electron chi connectivity index (χ2n) is 5.90. The number of nitrogens with one attached hydrogen (secondary N) is 2. The van der Waals surface area contributed by atoms with E-state index < -0.39 is 11.2 Å². The van der Waals surface area contributed by atoms with Crippen LogP contribution in [-0.4, -0.2) is 15.5 Å². The van der Waals surface area contributed by atoms with Gasteiger partial charge in [-0.05, 0) is 17.9 Å². The van der Waals surface area contributed by atoms with Crippen LogP contribution in [0.5, 0.6) is 0 Å². The van der Waals surface area contributed by atoms with Gasteiger partial charge in [0.2, 0.25) is 5.91 Å². The predicted octanol–water partition coefficient (Wildman–Crippen LogP) is 1.44. The third-order valence-electron chi connectivity index (χ3n) is 3.46. The number of aromatic amines is 1. The van der Waals surface area contributed by atoms with Crippen LogP contribution in [0.1, 0.15) is 31.9 Å². The van der Waals surface area contributed by atoms with E-state index in [-0.39, 0.29) is 18.5 Å². The van der Waals surface area contributed by atoms with Gasteiger partial charge in [-0.1, -0.05) is 44.2 Å². The van der Waals surface area contributed by atoms with Gasteiger partial charge in [-0.3, -0.25) is 19.1 Å². The monoisotopic (exact) mass is 315 g/mol. The fourth-order valence-corrected chi connectivity index (χ4v) is 2.40. The number of nitrogens with zero attached hydrogens (tertiary/aromatic N) is 1. The van der Waals surface area contributed by atoms with E-state index in [2.05, 4.69) is 24.1 Å². The third-order valence-corrected chi connectivity index (χ3v) is 3.46. The summed E-state index contributed by atoms with van der Waals surface area (Å²) in [6.07, 6.45) is 2.12. The largest absolute Gasteiger partial charge is 0.348 e. The molecule has 0 aliphatic heterocycles. The van der Waals surface area contributed by atoms with Gasteiger partial charge in [0, 0.05) is 12.3 Å². The molecule has 6 heteroatoms. The first-order valence-corrected chi connectivity index (χ1v) is 7.60. The van der Waals surface area contributed by atoms with Crippen molar-refractivity contribution in [2.75, 3.05) is 0 Å². The highest BCUT2D eigenvalue weighted by atomic mass is 16.2. The highest BCUT2D eigenvalue weighted by Crippen LogP contribution is 2.20. The molecular weight excluding hydrogens is 294 g/mol. The average Bonchev–Trinajstić information content (AvgIpc) is 2.50. The van der Waals surface area contributed by atoms with Crippen molar-refractivity contribution in [3.8, 4) is 0 Å². The van der Waals surface area contributed by atoms with Crippen molar-refractivity contribution >= 4 is 5.91 Å². The van der Waals surface area contributed by atoms with Gasteiger partial charge in [0.25, 0.3) is 5.56 Å². The Kier molecular flexibility index (Phi) is 5.51. The van der Waals surface area contributed by atoms with Crippen molar-refractivity contribution in [3.63, 3.8) is 0 Å². The first kappa shape index (κ1) is 16.7. The minimum absolute atomic E-state index is 0.109. The second kappa shape index (κ2) is 7.58. The van der Waals surface area contributed by atoms with Crippen LogP contribution in [-0.2, 0) is 11.3 Å². The summed E-state index contributed by atoms with van der Waals surface area (Å²) in [6, 6.07) is 10.8. The maximum Gasteiger partial charge on any atom is 0.328 e. The molecule has 0 saturated heterocycles. The molecule has 0 radical (unpaired) electrons. The van der Waals surface area contributed by atoms with Gasteiger partial charge in [0.15, 0.2) is 0 Å². The molecule has 0 saturated carbocycles. The van der Waals surface area contributed by atoms with Crippen LogP contribution in [0, 0.1) is 5.92 Å². The van der Waals surface area contributed by atoms with E-state index in [4.69, 9.17) is 0 Å². The molecule has 0 aliphatic carbocycles. The molecular formula is C17H21N3O3. The normalized spacial score (nSPS) is 12.1. The summed E-state index contributed by atoms with van der Waals surface area (Å²) >= 11 is 0. The Balaban J connectivity index is 2.11. The molecule has 1 heterocycles. The van der Waals surface area contributed by atoms with E-state index in [1.54, 1.807) is 0 Å². The lowest BCUT2D eigenvalue weighted by molar-refractivity contribution is -0.122. The predicted molar refractivity (Wildman–Crippen MR) is 88.1 cm³/mol. The summed E-state index contributed by atoms with van der Waals surface area (Å²) in [7, 11) is 0. The van der Waals surface area contributed by atoms with E-state index in [0.717, 1.165) is 12.0 Å². The smallest absolute Gasteiger partial charge is 0.328 e. The number of amides is 1. The van der Waals surface area contributed by atoms with Crippen molar-refractivity contribution in [1.82, 2.24) is 14.9 Å². The third kappa shape index (κ3) is 4.95. The molecule has 122 valence electrons. The molecule has 2 aromatic rings. The minimum Gasteiger partial charge on any atom is -0.348 e. The number of H-pyrrole nitrogens is 1. The van der Waals surface area contributed by atoms with Crippen LogP contribution in [0.4, 0.5) is 0 Å². The first-order valence-electron chi connectivity index (χ1n) is 7.60. The molecule has 0 aliphatic rings. The van der Waals surface area contributed by atoms with Gasteiger partial charge >= 0.3 is 5.69 Å². The zero-order valence-electron chi connectivity index (χ0n) is 13.3. The first-order chi connectivity index (χ1) is 11.0. The number of hydrogen-bond donors (Lipinski definition) is 2. The van der Waals surface area contributed by atoms with E-state index in [1.807, 2.05) is 30.3 Å². The second-order valence-corrected chi connectivity index (χ2v) is 5.90. The molecule has 23 heavy (non-hydrogen) atoms. The van der Waals surface area contributed by atoms with Crippen molar-refractivity contribution in [2.45, 2.75) is 32.9 Å². The van der Waals surface area contributed by atoms with Gasteiger partial charge in [-0.25, -0.2) is 4.79 Å². The summed E-state index contributed by atoms with van der Waals surface area (Å²) in [5.74, 6) is 0.143. The Labute approximate surface area is 134 Å². The molecule has 0 unspecified atom stereocenters. The van der Waals surface area contributed by atoms with Gasteiger partial charge in [0.1, 0.15) is 6.54 Å². The molecule has 2 rings (SSSR count). The molecule has 0 bridgehead atoms. The van der Waals surface area contributed by atoms with E-state index in [1.165, 1.54) is 16.8 Å². The van der Waals surface area contributed by atoms with Crippen LogP contribution in [0.15, 0.2) is 52.2 Å². The SMILES string of the molecule is CC(C)C[C@@H](NC(=O)Cn1ccc(=O)[nH]c1=O)c1ccccc1. The molecule has 1 atom stereocenters. The van der Waals surface area contributed by atoms with Crippen LogP contribution in [0.3, 0.4) is 0 Å². The van der Waals surface area contributed by atoms with Gasteiger partial charge < -0.3 is 5.32 Å². The Hall–Kier alpha value is -2.63. The highest BCUT2D eigenvalue weighted by Gasteiger charge is 2.16. The number of hydrogen-bond acceptors (Lipinski definition) is 3. The van der Waals surface area contributed by atoms with Crippen molar-refractivity contribution < 1.29 is 4.79 Å². The summed E-state index contributed by atoms with van der Waals surface area (Å²) in [6.45, 7) is 4.06. The maximum absolute atomic E-state index is 12.3. The molecule has 0 fully saturated rings. The van der Waals surface area contributed by atoms with Crippen molar-refractivity contribution in [3.05, 3.63) is 69.0 Å². The average molecular weight is 315 g/mol. The number of carbonyl (C=O) groups is 1. The lowest BCUT2D eigenvalue weighted by Crippen LogP contribution is -2.37. The van der Waals surface area contributed by atoms with Crippen LogP contribution in [0.2, 0.25) is 0 Å². The summed E-state index contributed by atoms with van der Waals surface area (Å²) in [5.41, 5.74) is -0.0373. The minimum atomic E-state index is -0.590. The van der Waals surface area contributed by atoms with Gasteiger partial charge in [-0.2, -0.15) is 0 Å². The lowest BCUT2D eigenvalue weighted by atomic mass is 9.97. The summed E-state index contributed by atoms with van der Waals surface area (Å²) < 4.78 is 1.17. The van der Waals surface area contributed by atoms with Crippen molar-refractivity contribution in [1.29, 1.82) is 0 Å². The number of rotatable bonds is 6. The Morgan fingerprint density at radius 3 is 2.48 bits per heavy atom. The summed E-state index contributed by atoms with van der Waals surface area (Å²) in [5, 5.41) is 2.96. The van der Waals surface area contributed by atoms with Crippen LogP contribution < -0.4 is 16.6 Å². The Bertz CT molecular complexity index is 762. The molecule has 2 N–H and O–H groups in total. The molecule has 1 aromatic carbocycles. The van der Waals surface area contributed by atoms with Crippen molar-refractivity contribution in [2.24, 2.45) is 5.92 Å². The molecule has 6 nitrogen and oxygen atoms in total. The zero-order chi connectivity index (χ0) is 16.8. The fraction of sp³-hybridized carbons (Fsp3) is 0.353. The maximum atomic E-state index is 12.3. The topological polar surface area (TPSA) is 84.0 Å². The molecule has 0 spiro atoms. The van der Waals surface area contributed by atoms with E-state index in [0.29, 0.717) is 5.92 Å².